The monoisotopic (exact) mass is 236 g/mol. The molecule has 1 aromatic carbocycles. The predicted molar refractivity (Wildman–Crippen MR) is 65.0 cm³/mol. The molecule has 0 atom stereocenters. The van der Waals surface area contributed by atoms with Crippen LogP contribution in [0.25, 0.3) is 11.1 Å². The molecule has 2 aromatic rings. The first kappa shape index (κ1) is 11.9. The standard InChI is InChI=1S/C12H16N2O3/c1-13-5-2-6-16-8-9-3-4-10-11(7-9)17-12(15)14-10/h3-4,7,13H,2,5-6,8H2,1H3,(H,14,15). The maximum Gasteiger partial charge on any atom is 0.417 e. The Hall–Kier alpha value is -1.59. The second-order valence-corrected chi connectivity index (χ2v) is 3.85. The van der Waals surface area contributed by atoms with E-state index >= 15 is 0 Å². The van der Waals surface area contributed by atoms with Gasteiger partial charge in [0, 0.05) is 6.61 Å². The topological polar surface area (TPSA) is 67.3 Å². The molecule has 5 nitrogen and oxygen atoms in total. The quantitative estimate of drug-likeness (QED) is 0.741. The van der Waals surface area contributed by atoms with Crippen molar-refractivity contribution >= 4 is 11.1 Å². The van der Waals surface area contributed by atoms with Gasteiger partial charge in [0.2, 0.25) is 0 Å². The summed E-state index contributed by atoms with van der Waals surface area (Å²) in [6.45, 7) is 2.20. The minimum atomic E-state index is -0.424. The summed E-state index contributed by atoms with van der Waals surface area (Å²) in [4.78, 5) is 13.6. The van der Waals surface area contributed by atoms with E-state index in [1.807, 2.05) is 25.2 Å². The molecular weight excluding hydrogens is 220 g/mol. The molecule has 2 N–H and O–H groups in total. The smallest absolute Gasteiger partial charge is 0.408 e. The van der Waals surface area contributed by atoms with Crippen LogP contribution in [-0.2, 0) is 11.3 Å². The van der Waals surface area contributed by atoms with Crippen molar-refractivity contribution in [3.05, 3.63) is 34.3 Å². The molecule has 0 aliphatic rings. The van der Waals surface area contributed by atoms with Crippen LogP contribution in [0.2, 0.25) is 0 Å². The lowest BCUT2D eigenvalue weighted by atomic mass is 10.2. The third-order valence-electron chi connectivity index (χ3n) is 2.47. The fourth-order valence-corrected chi connectivity index (χ4v) is 1.62. The maximum absolute atomic E-state index is 11.0. The molecule has 0 unspecified atom stereocenters. The summed E-state index contributed by atoms with van der Waals surface area (Å²) in [5.41, 5.74) is 2.30. The lowest BCUT2D eigenvalue weighted by Gasteiger charge is -2.03. The fourth-order valence-electron chi connectivity index (χ4n) is 1.62. The van der Waals surface area contributed by atoms with Gasteiger partial charge in [-0.25, -0.2) is 4.79 Å². The maximum atomic E-state index is 11.0. The van der Waals surface area contributed by atoms with Crippen LogP contribution in [0, 0.1) is 0 Å². The highest BCUT2D eigenvalue weighted by Crippen LogP contribution is 2.12. The first-order valence-corrected chi connectivity index (χ1v) is 5.63. The fraction of sp³-hybridized carbons (Fsp3) is 0.417. The van der Waals surface area contributed by atoms with Crippen molar-refractivity contribution in [2.45, 2.75) is 13.0 Å². The van der Waals surface area contributed by atoms with Crippen LogP contribution in [-0.4, -0.2) is 25.2 Å². The minimum Gasteiger partial charge on any atom is -0.408 e. The molecule has 0 bridgehead atoms. The first-order chi connectivity index (χ1) is 8.29. The minimum absolute atomic E-state index is 0.424. The number of hydrogen-bond acceptors (Lipinski definition) is 4. The van der Waals surface area contributed by atoms with Gasteiger partial charge in [-0.2, -0.15) is 0 Å². The zero-order valence-corrected chi connectivity index (χ0v) is 9.79. The van der Waals surface area contributed by atoms with Gasteiger partial charge >= 0.3 is 5.76 Å². The number of benzene rings is 1. The Morgan fingerprint density at radius 2 is 2.35 bits per heavy atom. The molecular formula is C12H16N2O3. The summed E-state index contributed by atoms with van der Waals surface area (Å²) in [7, 11) is 1.92. The van der Waals surface area contributed by atoms with Crippen molar-refractivity contribution in [2.24, 2.45) is 0 Å². The third-order valence-corrected chi connectivity index (χ3v) is 2.47. The number of H-pyrrole nitrogens is 1. The SMILES string of the molecule is CNCCCOCc1ccc2[nH]c(=O)oc2c1. The number of aromatic nitrogens is 1. The van der Waals surface area contributed by atoms with Crippen molar-refractivity contribution in [1.29, 1.82) is 0 Å². The van der Waals surface area contributed by atoms with Crippen molar-refractivity contribution in [1.82, 2.24) is 10.3 Å². The Labute approximate surface area is 98.8 Å². The van der Waals surface area contributed by atoms with Crippen LogP contribution in [0.1, 0.15) is 12.0 Å². The van der Waals surface area contributed by atoms with Gasteiger partial charge in [0.1, 0.15) is 0 Å². The summed E-state index contributed by atoms with van der Waals surface area (Å²) in [5, 5.41) is 3.06. The average molecular weight is 236 g/mol. The molecule has 2 rings (SSSR count). The summed E-state index contributed by atoms with van der Waals surface area (Å²) < 4.78 is 10.5. The molecule has 92 valence electrons. The Morgan fingerprint density at radius 1 is 1.47 bits per heavy atom. The lowest BCUT2D eigenvalue weighted by Crippen LogP contribution is -2.10. The number of rotatable bonds is 6. The van der Waals surface area contributed by atoms with E-state index < -0.39 is 5.76 Å². The molecule has 0 fully saturated rings. The molecule has 0 spiro atoms. The Morgan fingerprint density at radius 3 is 3.18 bits per heavy atom. The van der Waals surface area contributed by atoms with Crippen LogP contribution in [0.3, 0.4) is 0 Å². The summed E-state index contributed by atoms with van der Waals surface area (Å²) in [5.74, 6) is -0.424. The second-order valence-electron chi connectivity index (χ2n) is 3.85. The van der Waals surface area contributed by atoms with E-state index in [9.17, 15) is 4.79 Å². The van der Waals surface area contributed by atoms with E-state index in [0.29, 0.717) is 17.7 Å². The first-order valence-electron chi connectivity index (χ1n) is 5.63. The molecule has 0 saturated heterocycles. The van der Waals surface area contributed by atoms with Gasteiger partial charge in [-0.3, -0.25) is 4.98 Å². The lowest BCUT2D eigenvalue weighted by molar-refractivity contribution is 0.119. The van der Waals surface area contributed by atoms with Crippen LogP contribution >= 0.6 is 0 Å². The molecule has 1 heterocycles. The van der Waals surface area contributed by atoms with Crippen molar-refractivity contribution < 1.29 is 9.15 Å². The number of ether oxygens (including phenoxy) is 1. The van der Waals surface area contributed by atoms with Gasteiger partial charge in [0.05, 0.1) is 12.1 Å². The van der Waals surface area contributed by atoms with Crippen LogP contribution < -0.4 is 11.1 Å². The average Bonchev–Trinajstić information content (AvgIpc) is 2.68. The van der Waals surface area contributed by atoms with Crippen molar-refractivity contribution in [2.75, 3.05) is 20.2 Å². The molecule has 0 aliphatic carbocycles. The van der Waals surface area contributed by atoms with Gasteiger partial charge in [-0.15, -0.1) is 0 Å². The molecule has 0 radical (unpaired) electrons. The highest BCUT2D eigenvalue weighted by atomic mass is 16.5. The predicted octanol–water partition coefficient (Wildman–Crippen LogP) is 1.25. The molecule has 1 aromatic heterocycles. The highest BCUT2D eigenvalue weighted by Gasteiger charge is 2.02. The van der Waals surface area contributed by atoms with E-state index in [2.05, 4.69) is 10.3 Å². The number of aromatic amines is 1. The summed E-state index contributed by atoms with van der Waals surface area (Å²) in [6.07, 6.45) is 0.984. The molecule has 0 saturated carbocycles. The van der Waals surface area contributed by atoms with E-state index in [1.165, 1.54) is 0 Å². The van der Waals surface area contributed by atoms with Crippen molar-refractivity contribution in [3.63, 3.8) is 0 Å². The van der Waals surface area contributed by atoms with E-state index in [0.717, 1.165) is 25.1 Å². The largest absolute Gasteiger partial charge is 0.417 e. The molecule has 17 heavy (non-hydrogen) atoms. The van der Waals surface area contributed by atoms with E-state index in [1.54, 1.807) is 0 Å². The van der Waals surface area contributed by atoms with Gasteiger partial charge in [-0.1, -0.05) is 6.07 Å². The van der Waals surface area contributed by atoms with Crippen molar-refractivity contribution in [3.8, 4) is 0 Å². The summed E-state index contributed by atoms with van der Waals surface area (Å²) >= 11 is 0. The van der Waals surface area contributed by atoms with E-state index in [4.69, 9.17) is 9.15 Å². The number of oxazole rings is 1. The zero-order valence-electron chi connectivity index (χ0n) is 9.79. The van der Waals surface area contributed by atoms with Gasteiger partial charge in [-0.05, 0) is 37.7 Å². The van der Waals surface area contributed by atoms with Gasteiger partial charge < -0.3 is 14.5 Å². The Balaban J connectivity index is 1.92. The van der Waals surface area contributed by atoms with Gasteiger partial charge in [0.15, 0.2) is 5.58 Å². The van der Waals surface area contributed by atoms with Crippen LogP contribution in [0.4, 0.5) is 0 Å². The van der Waals surface area contributed by atoms with Gasteiger partial charge in [0.25, 0.3) is 0 Å². The number of nitrogens with one attached hydrogen (secondary N) is 2. The highest BCUT2D eigenvalue weighted by molar-refractivity contribution is 5.72. The van der Waals surface area contributed by atoms with E-state index in [-0.39, 0.29) is 0 Å². The molecule has 0 aliphatic heterocycles. The number of hydrogen-bond donors (Lipinski definition) is 2. The zero-order chi connectivity index (χ0) is 12.1. The normalized spacial score (nSPS) is 11.1. The Bertz CT molecular complexity index is 530. The van der Waals surface area contributed by atoms with Crippen LogP contribution in [0.15, 0.2) is 27.4 Å². The Kier molecular flexibility index (Phi) is 3.95. The van der Waals surface area contributed by atoms with Crippen LogP contribution in [0.5, 0.6) is 0 Å². The number of fused-ring (bicyclic) bond motifs is 1. The summed E-state index contributed by atoms with van der Waals surface area (Å²) in [6, 6.07) is 5.57. The third kappa shape index (κ3) is 3.18. The molecule has 5 heteroatoms. The second kappa shape index (κ2) is 5.65. The molecule has 0 amide bonds.